The Bertz CT molecular complexity index is 386. The van der Waals surface area contributed by atoms with E-state index in [1.807, 2.05) is 13.0 Å². The first-order chi connectivity index (χ1) is 8.27. The summed E-state index contributed by atoms with van der Waals surface area (Å²) in [7, 11) is 0. The van der Waals surface area contributed by atoms with Crippen LogP contribution in [0.3, 0.4) is 0 Å². The number of piperidine rings is 1. The van der Waals surface area contributed by atoms with Crippen LogP contribution in [-0.4, -0.2) is 30.5 Å². The molecule has 1 fully saturated rings. The van der Waals surface area contributed by atoms with Gasteiger partial charge in [-0.05, 0) is 50.9 Å². The number of hydrogen-bond acceptors (Lipinski definition) is 3. The van der Waals surface area contributed by atoms with Crippen LogP contribution < -0.4 is 10.6 Å². The summed E-state index contributed by atoms with van der Waals surface area (Å²) in [5.41, 5.74) is 1.47. The summed E-state index contributed by atoms with van der Waals surface area (Å²) >= 11 is 0. The largest absolute Gasteiger partial charge is 0.352 e. The fourth-order valence-electron chi connectivity index (χ4n) is 2.14. The second-order valence-electron chi connectivity index (χ2n) is 4.54. The molecule has 2 heterocycles. The Balaban J connectivity index is 1.87. The summed E-state index contributed by atoms with van der Waals surface area (Å²) in [5, 5.41) is 6.32. The van der Waals surface area contributed by atoms with Crippen molar-refractivity contribution in [2.45, 2.75) is 19.8 Å². The van der Waals surface area contributed by atoms with Crippen LogP contribution in [0, 0.1) is 12.8 Å². The number of nitrogens with one attached hydrogen (secondary N) is 2. The van der Waals surface area contributed by atoms with E-state index in [1.54, 1.807) is 12.3 Å². The number of aromatic nitrogens is 1. The molecule has 17 heavy (non-hydrogen) atoms. The lowest BCUT2D eigenvalue weighted by Crippen LogP contribution is -2.36. The van der Waals surface area contributed by atoms with Crippen LogP contribution in [0.5, 0.6) is 0 Å². The molecule has 0 radical (unpaired) electrons. The third-order valence-corrected chi connectivity index (χ3v) is 3.26. The molecule has 4 heteroatoms. The third kappa shape index (κ3) is 3.27. The maximum atomic E-state index is 11.9. The smallest absolute Gasteiger partial charge is 0.253 e. The minimum atomic E-state index is -0.00543. The maximum Gasteiger partial charge on any atom is 0.253 e. The number of hydrogen-bond donors (Lipinski definition) is 2. The molecule has 1 aromatic heterocycles. The molecule has 0 saturated carbocycles. The van der Waals surface area contributed by atoms with Crippen molar-refractivity contribution in [2.24, 2.45) is 5.92 Å². The molecule has 1 saturated heterocycles. The van der Waals surface area contributed by atoms with Gasteiger partial charge in [0.2, 0.25) is 0 Å². The topological polar surface area (TPSA) is 54.0 Å². The zero-order valence-corrected chi connectivity index (χ0v) is 10.2. The van der Waals surface area contributed by atoms with Gasteiger partial charge in [0, 0.05) is 18.4 Å². The molecule has 1 aromatic rings. The molecule has 1 amide bonds. The van der Waals surface area contributed by atoms with Crippen LogP contribution in [0.1, 0.15) is 28.9 Å². The van der Waals surface area contributed by atoms with Gasteiger partial charge in [-0.1, -0.05) is 0 Å². The molecule has 2 N–H and O–H groups in total. The molecular formula is C13H19N3O. The minimum absolute atomic E-state index is 0.00543. The van der Waals surface area contributed by atoms with Gasteiger partial charge >= 0.3 is 0 Å². The van der Waals surface area contributed by atoms with Crippen LogP contribution in [0.15, 0.2) is 18.3 Å². The molecule has 0 aromatic carbocycles. The van der Waals surface area contributed by atoms with E-state index in [4.69, 9.17) is 0 Å². The van der Waals surface area contributed by atoms with E-state index in [2.05, 4.69) is 15.6 Å². The third-order valence-electron chi connectivity index (χ3n) is 3.26. The minimum Gasteiger partial charge on any atom is -0.352 e. The highest BCUT2D eigenvalue weighted by Gasteiger charge is 2.15. The van der Waals surface area contributed by atoms with Crippen molar-refractivity contribution in [2.75, 3.05) is 19.6 Å². The Hall–Kier alpha value is -1.42. The summed E-state index contributed by atoms with van der Waals surface area (Å²) < 4.78 is 0. The average Bonchev–Trinajstić information content (AvgIpc) is 2.38. The van der Waals surface area contributed by atoms with E-state index in [9.17, 15) is 4.79 Å². The Labute approximate surface area is 102 Å². The van der Waals surface area contributed by atoms with Crippen molar-refractivity contribution in [3.8, 4) is 0 Å². The summed E-state index contributed by atoms with van der Waals surface area (Å²) in [6, 6.07) is 3.62. The van der Waals surface area contributed by atoms with Gasteiger partial charge in [0.1, 0.15) is 0 Å². The first kappa shape index (κ1) is 12.0. The standard InChI is InChI=1S/C13H19N3O/c1-10-12(3-2-6-15-10)13(17)16-9-11-4-7-14-8-5-11/h2-3,6,11,14H,4-5,7-9H2,1H3,(H,16,17). The summed E-state index contributed by atoms with van der Waals surface area (Å²) in [6.45, 7) is 4.76. The molecule has 0 atom stereocenters. The summed E-state index contributed by atoms with van der Waals surface area (Å²) in [5.74, 6) is 0.603. The molecule has 2 rings (SSSR count). The number of carbonyl (C=O) groups is 1. The Morgan fingerprint density at radius 3 is 3.00 bits per heavy atom. The average molecular weight is 233 g/mol. The molecule has 0 aliphatic carbocycles. The fraction of sp³-hybridized carbons (Fsp3) is 0.538. The first-order valence-corrected chi connectivity index (χ1v) is 6.18. The molecule has 1 aliphatic heterocycles. The van der Waals surface area contributed by atoms with Crippen LogP contribution in [0.2, 0.25) is 0 Å². The molecule has 0 unspecified atom stereocenters. The number of pyridine rings is 1. The van der Waals surface area contributed by atoms with Gasteiger partial charge in [-0.3, -0.25) is 9.78 Å². The predicted octanol–water partition coefficient (Wildman–Crippen LogP) is 1.12. The zero-order valence-electron chi connectivity index (χ0n) is 10.2. The predicted molar refractivity (Wildman–Crippen MR) is 66.9 cm³/mol. The van der Waals surface area contributed by atoms with E-state index >= 15 is 0 Å². The first-order valence-electron chi connectivity index (χ1n) is 6.18. The second-order valence-corrected chi connectivity index (χ2v) is 4.54. The number of carbonyl (C=O) groups excluding carboxylic acids is 1. The number of nitrogens with zero attached hydrogens (tertiary/aromatic N) is 1. The SMILES string of the molecule is Cc1ncccc1C(=O)NCC1CCNCC1. The van der Waals surface area contributed by atoms with Gasteiger partial charge in [-0.2, -0.15) is 0 Å². The quantitative estimate of drug-likeness (QED) is 0.822. The van der Waals surface area contributed by atoms with E-state index in [0.717, 1.165) is 38.2 Å². The van der Waals surface area contributed by atoms with Gasteiger partial charge in [0.15, 0.2) is 0 Å². The number of rotatable bonds is 3. The van der Waals surface area contributed by atoms with E-state index in [-0.39, 0.29) is 5.91 Å². The van der Waals surface area contributed by atoms with Gasteiger partial charge < -0.3 is 10.6 Å². The van der Waals surface area contributed by atoms with Gasteiger partial charge in [-0.15, -0.1) is 0 Å². The van der Waals surface area contributed by atoms with Crippen LogP contribution in [-0.2, 0) is 0 Å². The van der Waals surface area contributed by atoms with Gasteiger partial charge in [0.25, 0.3) is 5.91 Å². The van der Waals surface area contributed by atoms with Crippen LogP contribution in [0.4, 0.5) is 0 Å². The van der Waals surface area contributed by atoms with Crippen LogP contribution >= 0.6 is 0 Å². The maximum absolute atomic E-state index is 11.9. The Morgan fingerprint density at radius 1 is 1.53 bits per heavy atom. The van der Waals surface area contributed by atoms with Crippen molar-refractivity contribution >= 4 is 5.91 Å². The van der Waals surface area contributed by atoms with Crippen molar-refractivity contribution in [3.05, 3.63) is 29.6 Å². The molecular weight excluding hydrogens is 214 g/mol. The lowest BCUT2D eigenvalue weighted by Gasteiger charge is -2.22. The normalized spacial score (nSPS) is 16.8. The van der Waals surface area contributed by atoms with Crippen molar-refractivity contribution in [3.63, 3.8) is 0 Å². The van der Waals surface area contributed by atoms with E-state index < -0.39 is 0 Å². The summed E-state index contributed by atoms with van der Waals surface area (Å²) in [6.07, 6.45) is 4.00. The van der Waals surface area contributed by atoms with Crippen molar-refractivity contribution in [1.29, 1.82) is 0 Å². The molecule has 4 nitrogen and oxygen atoms in total. The molecule has 0 bridgehead atoms. The zero-order chi connectivity index (χ0) is 12.1. The monoisotopic (exact) mass is 233 g/mol. The van der Waals surface area contributed by atoms with E-state index in [1.165, 1.54) is 0 Å². The highest BCUT2D eigenvalue weighted by molar-refractivity contribution is 5.95. The number of aryl methyl sites for hydroxylation is 1. The molecule has 1 aliphatic rings. The second kappa shape index (κ2) is 5.77. The molecule has 0 spiro atoms. The Kier molecular flexibility index (Phi) is 4.09. The highest BCUT2D eigenvalue weighted by Crippen LogP contribution is 2.10. The Morgan fingerprint density at radius 2 is 2.29 bits per heavy atom. The van der Waals surface area contributed by atoms with E-state index in [0.29, 0.717) is 11.5 Å². The highest BCUT2D eigenvalue weighted by atomic mass is 16.1. The lowest BCUT2D eigenvalue weighted by molar-refractivity contribution is 0.0943. The fourth-order valence-corrected chi connectivity index (χ4v) is 2.14. The molecule has 92 valence electrons. The van der Waals surface area contributed by atoms with Crippen LogP contribution in [0.25, 0.3) is 0 Å². The summed E-state index contributed by atoms with van der Waals surface area (Å²) in [4.78, 5) is 16.1. The lowest BCUT2D eigenvalue weighted by atomic mass is 9.98. The van der Waals surface area contributed by atoms with Crippen molar-refractivity contribution < 1.29 is 4.79 Å². The van der Waals surface area contributed by atoms with Crippen molar-refractivity contribution in [1.82, 2.24) is 15.6 Å². The van der Waals surface area contributed by atoms with Gasteiger partial charge in [-0.25, -0.2) is 0 Å². The number of amides is 1. The van der Waals surface area contributed by atoms with Gasteiger partial charge in [0.05, 0.1) is 5.56 Å².